The minimum atomic E-state index is 0.483. The van der Waals surface area contributed by atoms with Crippen LogP contribution >= 0.6 is 11.5 Å². The second-order valence-corrected chi connectivity index (χ2v) is 4.05. The van der Waals surface area contributed by atoms with Crippen LogP contribution in [0.5, 0.6) is 0 Å². The van der Waals surface area contributed by atoms with Gasteiger partial charge in [0.1, 0.15) is 0 Å². The summed E-state index contributed by atoms with van der Waals surface area (Å²) in [6.07, 6.45) is 0. The van der Waals surface area contributed by atoms with Crippen molar-refractivity contribution in [2.75, 3.05) is 20.6 Å². The first-order chi connectivity index (χ1) is 6.18. The van der Waals surface area contributed by atoms with Crippen molar-refractivity contribution in [1.29, 1.82) is 0 Å². The standard InChI is InChI=1S/C8H16N4S/c1-7(5-12(2)3)9-4-8-6-13-11-10-8/h6-7,9H,4-5H2,1-3H3. The first-order valence-corrected chi connectivity index (χ1v) is 5.16. The molecule has 1 rings (SSSR count). The summed E-state index contributed by atoms with van der Waals surface area (Å²) >= 11 is 1.39. The summed E-state index contributed by atoms with van der Waals surface area (Å²) in [7, 11) is 4.14. The Balaban J connectivity index is 2.19. The van der Waals surface area contributed by atoms with Crippen LogP contribution in [-0.2, 0) is 6.54 Å². The van der Waals surface area contributed by atoms with Crippen molar-refractivity contribution < 1.29 is 0 Å². The van der Waals surface area contributed by atoms with Gasteiger partial charge in [-0.3, -0.25) is 0 Å². The van der Waals surface area contributed by atoms with Gasteiger partial charge >= 0.3 is 0 Å². The van der Waals surface area contributed by atoms with Gasteiger partial charge in [-0.1, -0.05) is 4.49 Å². The maximum Gasteiger partial charge on any atom is 0.0893 e. The Morgan fingerprint density at radius 3 is 2.92 bits per heavy atom. The molecule has 0 fully saturated rings. The zero-order chi connectivity index (χ0) is 9.68. The molecular formula is C8H16N4S. The first-order valence-electron chi connectivity index (χ1n) is 4.32. The number of aromatic nitrogens is 2. The molecule has 0 saturated heterocycles. The number of nitrogens with one attached hydrogen (secondary N) is 1. The van der Waals surface area contributed by atoms with Gasteiger partial charge in [0.25, 0.3) is 0 Å². The largest absolute Gasteiger partial charge is 0.308 e. The topological polar surface area (TPSA) is 41.0 Å². The van der Waals surface area contributed by atoms with Gasteiger partial charge < -0.3 is 10.2 Å². The van der Waals surface area contributed by atoms with Crippen LogP contribution in [0.25, 0.3) is 0 Å². The van der Waals surface area contributed by atoms with E-state index in [-0.39, 0.29) is 0 Å². The third-order valence-electron chi connectivity index (χ3n) is 1.68. The van der Waals surface area contributed by atoms with E-state index in [1.807, 2.05) is 5.38 Å². The fourth-order valence-corrected chi connectivity index (χ4v) is 1.60. The predicted molar refractivity (Wildman–Crippen MR) is 54.8 cm³/mol. The van der Waals surface area contributed by atoms with Gasteiger partial charge in [0.2, 0.25) is 0 Å². The van der Waals surface area contributed by atoms with Crippen LogP contribution in [0.2, 0.25) is 0 Å². The average Bonchev–Trinajstić information content (AvgIpc) is 2.51. The Morgan fingerprint density at radius 2 is 2.38 bits per heavy atom. The molecule has 0 aliphatic carbocycles. The highest BCUT2D eigenvalue weighted by Gasteiger charge is 2.03. The fraction of sp³-hybridized carbons (Fsp3) is 0.750. The van der Waals surface area contributed by atoms with E-state index in [1.54, 1.807) is 0 Å². The SMILES string of the molecule is CC(CN(C)C)NCc1csnn1. The molecule has 0 saturated carbocycles. The molecule has 1 atom stereocenters. The molecule has 0 aliphatic heterocycles. The molecule has 74 valence electrons. The summed E-state index contributed by atoms with van der Waals surface area (Å²) < 4.78 is 3.80. The maximum atomic E-state index is 3.96. The molecule has 0 radical (unpaired) electrons. The van der Waals surface area contributed by atoms with E-state index in [9.17, 15) is 0 Å². The van der Waals surface area contributed by atoms with Crippen LogP contribution in [-0.4, -0.2) is 41.2 Å². The normalized spacial score (nSPS) is 13.5. The highest BCUT2D eigenvalue weighted by Crippen LogP contribution is 1.96. The molecule has 0 aromatic carbocycles. The predicted octanol–water partition coefficient (Wildman–Crippen LogP) is 0.578. The van der Waals surface area contributed by atoms with Crippen molar-refractivity contribution in [3.63, 3.8) is 0 Å². The van der Waals surface area contributed by atoms with E-state index in [0.717, 1.165) is 18.8 Å². The van der Waals surface area contributed by atoms with Crippen molar-refractivity contribution >= 4 is 11.5 Å². The molecule has 4 nitrogen and oxygen atoms in total. The third-order valence-corrected chi connectivity index (χ3v) is 2.23. The quantitative estimate of drug-likeness (QED) is 0.755. The molecule has 5 heteroatoms. The molecule has 1 aromatic rings. The smallest absolute Gasteiger partial charge is 0.0893 e. The minimum absolute atomic E-state index is 0.483. The lowest BCUT2D eigenvalue weighted by atomic mass is 10.3. The molecule has 0 bridgehead atoms. The summed E-state index contributed by atoms with van der Waals surface area (Å²) in [5.41, 5.74) is 1.02. The molecule has 1 aromatic heterocycles. The first kappa shape index (κ1) is 10.6. The fourth-order valence-electron chi connectivity index (χ4n) is 1.15. The molecule has 0 amide bonds. The number of rotatable bonds is 5. The van der Waals surface area contributed by atoms with E-state index >= 15 is 0 Å². The molecule has 1 unspecified atom stereocenters. The van der Waals surface area contributed by atoms with Gasteiger partial charge in [0, 0.05) is 24.5 Å². The van der Waals surface area contributed by atoms with Crippen LogP contribution in [0.15, 0.2) is 5.38 Å². The zero-order valence-corrected chi connectivity index (χ0v) is 9.14. The van der Waals surface area contributed by atoms with Gasteiger partial charge in [-0.15, -0.1) is 5.10 Å². The van der Waals surface area contributed by atoms with Gasteiger partial charge in [-0.05, 0) is 32.6 Å². The van der Waals surface area contributed by atoms with E-state index in [4.69, 9.17) is 0 Å². The van der Waals surface area contributed by atoms with E-state index in [0.29, 0.717) is 6.04 Å². The van der Waals surface area contributed by atoms with E-state index in [1.165, 1.54) is 11.5 Å². The van der Waals surface area contributed by atoms with Crippen molar-refractivity contribution in [2.24, 2.45) is 0 Å². The van der Waals surface area contributed by atoms with E-state index < -0.39 is 0 Å². The van der Waals surface area contributed by atoms with Crippen LogP contribution in [0.3, 0.4) is 0 Å². The lowest BCUT2D eigenvalue weighted by Gasteiger charge is -2.17. The number of hydrogen-bond acceptors (Lipinski definition) is 5. The molecule has 0 spiro atoms. The maximum absolute atomic E-state index is 3.96. The lowest BCUT2D eigenvalue weighted by Crippen LogP contribution is -2.35. The number of likely N-dealkylation sites (N-methyl/N-ethyl adjacent to an activating group) is 1. The molecule has 1 heterocycles. The third kappa shape index (κ3) is 4.31. The van der Waals surface area contributed by atoms with Gasteiger partial charge in [-0.2, -0.15) is 0 Å². The highest BCUT2D eigenvalue weighted by atomic mass is 32.1. The molecular weight excluding hydrogens is 184 g/mol. The van der Waals surface area contributed by atoms with Crippen LogP contribution in [0.1, 0.15) is 12.6 Å². The van der Waals surface area contributed by atoms with E-state index in [2.05, 4.69) is 40.8 Å². The number of hydrogen-bond donors (Lipinski definition) is 1. The Bertz CT molecular complexity index is 222. The average molecular weight is 200 g/mol. The Morgan fingerprint density at radius 1 is 1.62 bits per heavy atom. The van der Waals surface area contributed by atoms with Crippen molar-refractivity contribution in [3.05, 3.63) is 11.1 Å². The highest BCUT2D eigenvalue weighted by molar-refractivity contribution is 7.03. The Labute approximate surface area is 83.1 Å². The monoisotopic (exact) mass is 200 g/mol. The molecule has 13 heavy (non-hydrogen) atoms. The second-order valence-electron chi connectivity index (χ2n) is 3.44. The van der Waals surface area contributed by atoms with Crippen molar-refractivity contribution in [2.45, 2.75) is 19.5 Å². The van der Waals surface area contributed by atoms with Gasteiger partial charge in [0.15, 0.2) is 0 Å². The summed E-state index contributed by atoms with van der Waals surface area (Å²) in [4.78, 5) is 2.16. The zero-order valence-electron chi connectivity index (χ0n) is 8.32. The molecule has 0 aliphatic rings. The lowest BCUT2D eigenvalue weighted by molar-refractivity contribution is 0.348. The summed E-state index contributed by atoms with van der Waals surface area (Å²) in [5.74, 6) is 0. The molecule has 1 N–H and O–H groups in total. The van der Waals surface area contributed by atoms with Gasteiger partial charge in [0.05, 0.1) is 5.69 Å². The Kier molecular flexibility index (Phi) is 4.27. The van der Waals surface area contributed by atoms with Crippen LogP contribution in [0, 0.1) is 0 Å². The summed E-state index contributed by atoms with van der Waals surface area (Å²) in [5, 5.41) is 9.31. The van der Waals surface area contributed by atoms with Crippen molar-refractivity contribution in [3.8, 4) is 0 Å². The summed E-state index contributed by atoms with van der Waals surface area (Å²) in [6.45, 7) is 4.02. The number of nitrogens with zero attached hydrogens (tertiary/aromatic N) is 3. The second kappa shape index (κ2) is 5.26. The van der Waals surface area contributed by atoms with Crippen LogP contribution < -0.4 is 5.32 Å². The van der Waals surface area contributed by atoms with Crippen molar-refractivity contribution in [1.82, 2.24) is 19.8 Å². The Hall–Kier alpha value is -0.520. The minimum Gasteiger partial charge on any atom is -0.308 e. The summed E-state index contributed by atoms with van der Waals surface area (Å²) in [6, 6.07) is 0.483. The van der Waals surface area contributed by atoms with Crippen LogP contribution in [0.4, 0.5) is 0 Å². The van der Waals surface area contributed by atoms with Gasteiger partial charge in [-0.25, -0.2) is 0 Å².